The predicted molar refractivity (Wildman–Crippen MR) is 77.4 cm³/mol. The van der Waals surface area contributed by atoms with Crippen LogP contribution in [0.15, 0.2) is 16.7 Å². The molecule has 1 aliphatic heterocycles. The predicted octanol–water partition coefficient (Wildman–Crippen LogP) is 2.81. The topological polar surface area (TPSA) is 59.5 Å². The quantitative estimate of drug-likeness (QED) is 0.929. The third-order valence-corrected chi connectivity index (χ3v) is 3.68. The lowest BCUT2D eigenvalue weighted by Crippen LogP contribution is -2.46. The van der Waals surface area contributed by atoms with Gasteiger partial charge in [0, 0.05) is 12.6 Å². The van der Waals surface area contributed by atoms with Crippen LogP contribution < -0.4 is 5.73 Å². The summed E-state index contributed by atoms with van der Waals surface area (Å²) in [5, 5.41) is 0. The molecular weight excluding hydrogens is 264 g/mol. The van der Waals surface area contributed by atoms with Gasteiger partial charge >= 0.3 is 0 Å². The monoisotopic (exact) mass is 286 g/mol. The van der Waals surface area contributed by atoms with Crippen LogP contribution in [0.25, 0.3) is 0 Å². The smallest absolute Gasteiger partial charge is 0.257 e. The lowest BCUT2D eigenvalue weighted by molar-refractivity contribution is 0.0542. The Balaban J connectivity index is 0.00000180. The van der Waals surface area contributed by atoms with E-state index in [1.54, 1.807) is 6.07 Å². The summed E-state index contributed by atoms with van der Waals surface area (Å²) in [6.07, 6.45) is 4.93. The molecule has 108 valence electrons. The second-order valence-electron chi connectivity index (χ2n) is 5.31. The van der Waals surface area contributed by atoms with Crippen LogP contribution in [0.2, 0.25) is 0 Å². The summed E-state index contributed by atoms with van der Waals surface area (Å²) in [6, 6.07) is 2.11. The molecule has 0 bridgehead atoms. The van der Waals surface area contributed by atoms with Crippen LogP contribution in [0.4, 0.5) is 0 Å². The summed E-state index contributed by atoms with van der Waals surface area (Å²) < 4.78 is 5.25. The number of nitrogens with two attached hydrogens (primary N) is 1. The lowest BCUT2D eigenvalue weighted by atomic mass is 9.92. The third-order valence-electron chi connectivity index (χ3n) is 3.68. The van der Waals surface area contributed by atoms with Gasteiger partial charge < -0.3 is 15.1 Å². The first-order valence-electron chi connectivity index (χ1n) is 6.72. The van der Waals surface area contributed by atoms with Gasteiger partial charge in [0.05, 0.1) is 12.1 Å². The van der Waals surface area contributed by atoms with Gasteiger partial charge in [0.1, 0.15) is 12.0 Å². The number of nitrogens with zero attached hydrogens (tertiary/aromatic N) is 1. The van der Waals surface area contributed by atoms with Gasteiger partial charge in [0.2, 0.25) is 0 Å². The average Bonchev–Trinajstić information content (AvgIpc) is 2.86. The molecule has 4 nitrogen and oxygen atoms in total. The van der Waals surface area contributed by atoms with Gasteiger partial charge in [-0.05, 0) is 31.2 Å². The minimum absolute atomic E-state index is 0. The highest BCUT2D eigenvalue weighted by atomic mass is 35.5. The molecule has 1 atom stereocenters. The Hall–Kier alpha value is -1.00. The highest BCUT2D eigenvalue weighted by Gasteiger charge is 2.30. The number of likely N-dealkylation sites (tertiary alicyclic amines) is 1. The van der Waals surface area contributed by atoms with Gasteiger partial charge in [0.25, 0.3) is 5.91 Å². The van der Waals surface area contributed by atoms with E-state index in [9.17, 15) is 4.79 Å². The maximum absolute atomic E-state index is 12.5. The Kier molecular flexibility index (Phi) is 5.88. The van der Waals surface area contributed by atoms with E-state index in [-0.39, 0.29) is 18.3 Å². The van der Waals surface area contributed by atoms with Crippen molar-refractivity contribution in [2.24, 2.45) is 11.7 Å². The molecule has 2 N–H and O–H groups in total. The molecule has 0 aliphatic carbocycles. The number of carbonyl (C=O) groups is 1. The summed E-state index contributed by atoms with van der Waals surface area (Å²) >= 11 is 0. The number of amides is 1. The van der Waals surface area contributed by atoms with E-state index in [0.29, 0.717) is 29.8 Å². The molecule has 1 amide bonds. The molecule has 5 heteroatoms. The van der Waals surface area contributed by atoms with Gasteiger partial charge in [0.15, 0.2) is 0 Å². The van der Waals surface area contributed by atoms with Gasteiger partial charge in [-0.2, -0.15) is 0 Å². The molecule has 0 spiro atoms. The fraction of sp³-hybridized carbons (Fsp3) is 0.643. The molecule has 0 radical (unpaired) electrons. The van der Waals surface area contributed by atoms with E-state index in [2.05, 4.69) is 13.8 Å². The minimum Gasteiger partial charge on any atom is -0.467 e. The van der Waals surface area contributed by atoms with Crippen LogP contribution in [-0.4, -0.2) is 23.4 Å². The van der Waals surface area contributed by atoms with Crippen molar-refractivity contribution in [1.29, 1.82) is 0 Å². The second-order valence-corrected chi connectivity index (χ2v) is 5.31. The van der Waals surface area contributed by atoms with Crippen molar-refractivity contribution >= 4 is 18.3 Å². The number of piperidine rings is 1. The zero-order chi connectivity index (χ0) is 13.1. The molecule has 1 aromatic rings. The van der Waals surface area contributed by atoms with Gasteiger partial charge in [-0.3, -0.25) is 4.79 Å². The van der Waals surface area contributed by atoms with Crippen molar-refractivity contribution in [2.45, 2.75) is 45.7 Å². The van der Waals surface area contributed by atoms with Crippen LogP contribution in [-0.2, 0) is 6.54 Å². The third kappa shape index (κ3) is 3.51. The summed E-state index contributed by atoms with van der Waals surface area (Å²) in [6.45, 7) is 5.54. The molecule has 19 heavy (non-hydrogen) atoms. The molecule has 2 heterocycles. The standard InChI is InChI=1S/C14H22N2O2.ClH/c1-10(2)13-5-3-4-6-16(13)14(17)11-7-12(8-15)18-9-11;/h7,9-10,13H,3-6,8,15H2,1-2H3;1H. The normalized spacial score (nSPS) is 19.4. The van der Waals surface area contributed by atoms with Gasteiger partial charge in [-0.1, -0.05) is 13.8 Å². The average molecular weight is 287 g/mol. The van der Waals surface area contributed by atoms with E-state index >= 15 is 0 Å². The molecule has 0 aromatic carbocycles. The fourth-order valence-corrected chi connectivity index (χ4v) is 2.67. The first-order valence-corrected chi connectivity index (χ1v) is 6.72. The summed E-state index contributed by atoms with van der Waals surface area (Å²) in [5.41, 5.74) is 6.13. The van der Waals surface area contributed by atoms with Crippen molar-refractivity contribution in [3.8, 4) is 0 Å². The van der Waals surface area contributed by atoms with Crippen molar-refractivity contribution < 1.29 is 9.21 Å². The zero-order valence-corrected chi connectivity index (χ0v) is 12.4. The van der Waals surface area contributed by atoms with E-state index < -0.39 is 0 Å². The molecule has 1 saturated heterocycles. The van der Waals surface area contributed by atoms with E-state index in [0.717, 1.165) is 19.4 Å². The van der Waals surface area contributed by atoms with E-state index in [1.807, 2.05) is 4.90 Å². The van der Waals surface area contributed by atoms with Crippen molar-refractivity contribution in [3.63, 3.8) is 0 Å². The lowest BCUT2D eigenvalue weighted by Gasteiger charge is -2.38. The van der Waals surface area contributed by atoms with Gasteiger partial charge in [-0.15, -0.1) is 12.4 Å². The zero-order valence-electron chi connectivity index (χ0n) is 11.6. The van der Waals surface area contributed by atoms with Crippen LogP contribution in [0.1, 0.15) is 49.2 Å². The van der Waals surface area contributed by atoms with Crippen LogP contribution in [0, 0.1) is 5.92 Å². The number of hydrogen-bond acceptors (Lipinski definition) is 3. The minimum atomic E-state index is 0. The maximum Gasteiger partial charge on any atom is 0.257 e. The number of rotatable bonds is 3. The molecule has 1 fully saturated rings. The molecule has 1 aliphatic rings. The van der Waals surface area contributed by atoms with Gasteiger partial charge in [-0.25, -0.2) is 0 Å². The van der Waals surface area contributed by atoms with Crippen LogP contribution >= 0.6 is 12.4 Å². The summed E-state index contributed by atoms with van der Waals surface area (Å²) in [5.74, 6) is 1.24. The number of carbonyl (C=O) groups excluding carboxylic acids is 1. The first-order chi connectivity index (χ1) is 8.63. The Morgan fingerprint density at radius 3 is 2.84 bits per heavy atom. The highest BCUT2D eigenvalue weighted by Crippen LogP contribution is 2.25. The van der Waals surface area contributed by atoms with E-state index in [4.69, 9.17) is 10.2 Å². The Bertz CT molecular complexity index is 417. The maximum atomic E-state index is 12.5. The van der Waals surface area contributed by atoms with Crippen molar-refractivity contribution in [1.82, 2.24) is 4.90 Å². The first kappa shape index (κ1) is 16.1. The van der Waals surface area contributed by atoms with Crippen molar-refractivity contribution in [2.75, 3.05) is 6.54 Å². The molecular formula is C14H23ClN2O2. The molecule has 1 aromatic heterocycles. The number of furan rings is 1. The highest BCUT2D eigenvalue weighted by molar-refractivity contribution is 5.94. The summed E-state index contributed by atoms with van der Waals surface area (Å²) in [4.78, 5) is 14.5. The molecule has 1 unspecified atom stereocenters. The molecule has 2 rings (SSSR count). The Morgan fingerprint density at radius 2 is 2.26 bits per heavy atom. The Morgan fingerprint density at radius 1 is 1.53 bits per heavy atom. The van der Waals surface area contributed by atoms with Crippen molar-refractivity contribution in [3.05, 3.63) is 23.7 Å². The van der Waals surface area contributed by atoms with Crippen LogP contribution in [0.3, 0.4) is 0 Å². The largest absolute Gasteiger partial charge is 0.467 e. The van der Waals surface area contributed by atoms with Crippen LogP contribution in [0.5, 0.6) is 0 Å². The number of halogens is 1. The fourth-order valence-electron chi connectivity index (χ4n) is 2.67. The SMILES string of the molecule is CC(C)C1CCCCN1C(=O)c1coc(CN)c1.Cl. The van der Waals surface area contributed by atoms with E-state index in [1.165, 1.54) is 12.7 Å². The number of hydrogen-bond donors (Lipinski definition) is 1. The summed E-state index contributed by atoms with van der Waals surface area (Å²) in [7, 11) is 0. The second kappa shape index (κ2) is 6.96. The Labute approximate surface area is 120 Å². The molecule has 0 saturated carbocycles.